The number of ether oxygens (including phenoxy) is 2. The van der Waals surface area contributed by atoms with Gasteiger partial charge in [0.25, 0.3) is 11.5 Å². The number of thiocarbonyl (C=S) groups is 1. The first-order chi connectivity index (χ1) is 17.9. The summed E-state index contributed by atoms with van der Waals surface area (Å²) in [5.74, 6) is 2.25. The highest BCUT2D eigenvalue weighted by atomic mass is 32.2. The molecule has 190 valence electrons. The minimum absolute atomic E-state index is 0.190. The van der Waals surface area contributed by atoms with Gasteiger partial charge in [-0.1, -0.05) is 43.0 Å². The van der Waals surface area contributed by atoms with Gasteiger partial charge in [-0.3, -0.25) is 18.9 Å². The Morgan fingerprint density at radius 3 is 2.89 bits per heavy atom. The van der Waals surface area contributed by atoms with E-state index in [2.05, 4.69) is 11.8 Å². The third-order valence-electron chi connectivity index (χ3n) is 6.95. The maximum atomic E-state index is 13.7. The van der Waals surface area contributed by atoms with Gasteiger partial charge in [0.15, 0.2) is 11.5 Å². The van der Waals surface area contributed by atoms with Crippen LogP contribution in [-0.4, -0.2) is 44.4 Å². The van der Waals surface area contributed by atoms with Gasteiger partial charge in [0.05, 0.1) is 17.0 Å². The SMILES string of the molecule is Cc1cccn2c(=O)c(/C=C3/SC(=S)N(Cc4ccc5c(c4)OCO5)C3=O)c(N3CCCC(C)C3)nc12. The maximum Gasteiger partial charge on any atom is 0.267 e. The molecule has 0 N–H and O–H groups in total. The first-order valence-corrected chi connectivity index (χ1v) is 13.5. The Labute approximate surface area is 223 Å². The number of pyridine rings is 1. The molecule has 0 saturated carbocycles. The number of fused-ring (bicyclic) bond motifs is 2. The molecule has 3 aliphatic rings. The molecule has 1 unspecified atom stereocenters. The van der Waals surface area contributed by atoms with Crippen molar-refractivity contribution in [3.63, 3.8) is 0 Å². The number of amides is 1. The zero-order valence-corrected chi connectivity index (χ0v) is 22.2. The first-order valence-electron chi connectivity index (χ1n) is 12.3. The Hall–Kier alpha value is -3.37. The Morgan fingerprint density at radius 2 is 2.05 bits per heavy atom. The van der Waals surface area contributed by atoms with Crippen LogP contribution in [0.1, 0.15) is 36.5 Å². The van der Waals surface area contributed by atoms with Crippen molar-refractivity contribution < 1.29 is 14.3 Å². The third-order valence-corrected chi connectivity index (χ3v) is 8.33. The number of hydrogen-bond donors (Lipinski definition) is 0. The molecule has 0 aliphatic carbocycles. The molecule has 0 bridgehead atoms. The van der Waals surface area contributed by atoms with E-state index in [-0.39, 0.29) is 18.3 Å². The Bertz CT molecular complexity index is 1530. The van der Waals surface area contributed by atoms with Gasteiger partial charge in [-0.25, -0.2) is 4.98 Å². The van der Waals surface area contributed by atoms with Crippen LogP contribution >= 0.6 is 24.0 Å². The van der Waals surface area contributed by atoms with Crippen LogP contribution in [0.2, 0.25) is 0 Å². The number of nitrogens with zero attached hydrogens (tertiary/aromatic N) is 4. The lowest BCUT2D eigenvalue weighted by molar-refractivity contribution is -0.122. The predicted molar refractivity (Wildman–Crippen MR) is 148 cm³/mol. The number of piperidine rings is 1. The molecule has 0 spiro atoms. The predicted octanol–water partition coefficient (Wildman–Crippen LogP) is 4.37. The van der Waals surface area contributed by atoms with Crippen molar-refractivity contribution in [2.75, 3.05) is 24.8 Å². The van der Waals surface area contributed by atoms with Gasteiger partial charge in [0.2, 0.25) is 6.79 Å². The highest BCUT2D eigenvalue weighted by molar-refractivity contribution is 8.26. The summed E-state index contributed by atoms with van der Waals surface area (Å²) < 4.78 is 12.9. The maximum absolute atomic E-state index is 13.7. The van der Waals surface area contributed by atoms with Crippen molar-refractivity contribution in [1.29, 1.82) is 0 Å². The molecule has 8 nitrogen and oxygen atoms in total. The van der Waals surface area contributed by atoms with E-state index in [1.807, 2.05) is 37.3 Å². The minimum atomic E-state index is -0.223. The Morgan fingerprint density at radius 1 is 1.22 bits per heavy atom. The second kappa shape index (κ2) is 9.50. The first kappa shape index (κ1) is 24.0. The lowest BCUT2D eigenvalue weighted by Crippen LogP contribution is -2.37. The van der Waals surface area contributed by atoms with E-state index in [9.17, 15) is 9.59 Å². The molecule has 10 heteroatoms. The monoisotopic (exact) mass is 534 g/mol. The molecular weight excluding hydrogens is 508 g/mol. The highest BCUT2D eigenvalue weighted by Crippen LogP contribution is 2.37. The fourth-order valence-corrected chi connectivity index (χ4v) is 6.28. The van der Waals surface area contributed by atoms with Crippen molar-refractivity contribution in [1.82, 2.24) is 14.3 Å². The normalized spacial score (nSPS) is 20.5. The van der Waals surface area contributed by atoms with E-state index in [0.717, 1.165) is 37.1 Å². The summed E-state index contributed by atoms with van der Waals surface area (Å²) >= 11 is 6.78. The average Bonchev–Trinajstić information content (AvgIpc) is 3.45. The molecule has 2 aromatic heterocycles. The van der Waals surface area contributed by atoms with Gasteiger partial charge in [-0.05, 0) is 61.1 Å². The van der Waals surface area contributed by atoms with Gasteiger partial charge in [0, 0.05) is 19.3 Å². The number of thioether (sulfide) groups is 1. The summed E-state index contributed by atoms with van der Waals surface area (Å²) in [5.41, 5.74) is 2.66. The van der Waals surface area contributed by atoms with Crippen molar-refractivity contribution in [2.45, 2.75) is 33.2 Å². The summed E-state index contributed by atoms with van der Waals surface area (Å²) in [6, 6.07) is 9.38. The van der Waals surface area contributed by atoms with Gasteiger partial charge >= 0.3 is 0 Å². The van der Waals surface area contributed by atoms with Crippen LogP contribution in [0.5, 0.6) is 11.5 Å². The summed E-state index contributed by atoms with van der Waals surface area (Å²) in [7, 11) is 0. The van der Waals surface area contributed by atoms with Gasteiger partial charge < -0.3 is 14.4 Å². The molecule has 1 amide bonds. The molecule has 6 rings (SSSR count). The van der Waals surface area contributed by atoms with Gasteiger partial charge in [0.1, 0.15) is 15.8 Å². The average molecular weight is 535 g/mol. The zero-order valence-electron chi connectivity index (χ0n) is 20.6. The number of rotatable bonds is 4. The van der Waals surface area contributed by atoms with Crippen molar-refractivity contribution >= 4 is 51.7 Å². The molecule has 5 heterocycles. The van der Waals surface area contributed by atoms with Crippen LogP contribution < -0.4 is 19.9 Å². The third kappa shape index (κ3) is 4.38. The van der Waals surface area contributed by atoms with Crippen molar-refractivity contribution in [2.24, 2.45) is 5.92 Å². The largest absolute Gasteiger partial charge is 0.454 e. The number of aryl methyl sites for hydroxylation is 1. The fraction of sp³-hybridized carbons (Fsp3) is 0.333. The highest BCUT2D eigenvalue weighted by Gasteiger charge is 2.33. The summed E-state index contributed by atoms with van der Waals surface area (Å²) in [5, 5.41) is 0. The smallest absolute Gasteiger partial charge is 0.267 e. The van der Waals surface area contributed by atoms with E-state index in [1.165, 1.54) is 11.8 Å². The molecule has 0 radical (unpaired) electrons. The summed E-state index contributed by atoms with van der Waals surface area (Å²) in [4.78, 5) is 36.3. The van der Waals surface area contributed by atoms with Crippen molar-refractivity contribution in [3.05, 3.63) is 68.5 Å². The second-order valence-electron chi connectivity index (χ2n) is 9.69. The number of carbonyl (C=O) groups excluding carboxylic acids is 1. The summed E-state index contributed by atoms with van der Waals surface area (Å²) in [6.07, 6.45) is 5.59. The number of anilines is 1. The van der Waals surface area contributed by atoms with E-state index in [1.54, 1.807) is 21.6 Å². The number of carbonyl (C=O) groups is 1. The molecule has 2 saturated heterocycles. The Kier molecular flexibility index (Phi) is 6.16. The topological polar surface area (TPSA) is 76.4 Å². The number of aromatic nitrogens is 2. The molecule has 1 atom stereocenters. The molecule has 3 aliphatic heterocycles. The van der Waals surface area contributed by atoms with Crippen LogP contribution in [0.15, 0.2) is 46.2 Å². The number of hydrogen-bond acceptors (Lipinski definition) is 8. The lowest BCUT2D eigenvalue weighted by Gasteiger charge is -2.32. The number of benzene rings is 1. The van der Waals surface area contributed by atoms with E-state index in [0.29, 0.717) is 50.2 Å². The minimum Gasteiger partial charge on any atom is -0.454 e. The van der Waals surface area contributed by atoms with Crippen LogP contribution in [0.25, 0.3) is 11.7 Å². The van der Waals surface area contributed by atoms with Crippen LogP contribution in [0.4, 0.5) is 5.82 Å². The standard InChI is InChI=1S/C27H26N4O4S2/c1-16-5-3-9-29(13-16)24-19(25(32)30-10-4-6-17(2)23(30)28-24)12-22-26(33)31(27(36)37-22)14-18-7-8-20-21(11-18)35-15-34-20/h4,6-8,10-12,16H,3,5,9,13-15H2,1-2H3/b22-12+. The zero-order chi connectivity index (χ0) is 25.7. The fourth-order valence-electron chi connectivity index (χ4n) is 5.04. The van der Waals surface area contributed by atoms with Crippen LogP contribution in [0, 0.1) is 12.8 Å². The molecular formula is C27H26N4O4S2. The van der Waals surface area contributed by atoms with Gasteiger partial charge in [-0.2, -0.15) is 0 Å². The van der Waals surface area contributed by atoms with Crippen LogP contribution in [0.3, 0.4) is 0 Å². The quantitative estimate of drug-likeness (QED) is 0.361. The van der Waals surface area contributed by atoms with E-state index < -0.39 is 0 Å². The van der Waals surface area contributed by atoms with Crippen LogP contribution in [-0.2, 0) is 11.3 Å². The Balaban J connectivity index is 1.38. The summed E-state index contributed by atoms with van der Waals surface area (Å²) in [6.45, 7) is 6.31. The second-order valence-corrected chi connectivity index (χ2v) is 11.4. The van der Waals surface area contributed by atoms with Crippen molar-refractivity contribution in [3.8, 4) is 11.5 Å². The molecule has 3 aromatic rings. The van der Waals surface area contributed by atoms with E-state index in [4.69, 9.17) is 26.7 Å². The van der Waals surface area contributed by atoms with E-state index >= 15 is 0 Å². The lowest BCUT2D eigenvalue weighted by atomic mass is 10.00. The molecule has 37 heavy (non-hydrogen) atoms. The molecule has 1 aromatic carbocycles. The molecule has 2 fully saturated rings. The van der Waals surface area contributed by atoms with Gasteiger partial charge in [-0.15, -0.1) is 0 Å².